The van der Waals surface area contributed by atoms with E-state index in [2.05, 4.69) is 25.3 Å². The first-order valence-electron chi connectivity index (χ1n) is 9.47. The maximum atomic E-state index is 12.7. The van der Waals surface area contributed by atoms with E-state index < -0.39 is 22.8 Å². The van der Waals surface area contributed by atoms with Crippen LogP contribution in [0.15, 0.2) is 53.7 Å². The molecule has 1 heterocycles. The molecule has 0 saturated heterocycles. The lowest BCUT2D eigenvalue weighted by atomic mass is 10.3. The summed E-state index contributed by atoms with van der Waals surface area (Å²) in [6, 6.07) is 9.82. The molecule has 1 aromatic heterocycles. The number of ether oxygens (including phenoxy) is 2. The number of hydrogen-bond acceptors (Lipinski definition) is 8. The summed E-state index contributed by atoms with van der Waals surface area (Å²) >= 11 is 6.12. The van der Waals surface area contributed by atoms with Crippen LogP contribution < -0.4 is 24.8 Å². The van der Waals surface area contributed by atoms with Gasteiger partial charge in [-0.3, -0.25) is 0 Å². The number of nitrogens with zero attached hydrogens (tertiary/aromatic N) is 2. The van der Waals surface area contributed by atoms with Crippen molar-refractivity contribution in [1.29, 1.82) is 0 Å². The van der Waals surface area contributed by atoms with E-state index in [4.69, 9.17) is 21.1 Å². The Balaban J connectivity index is 1.89. The smallest absolute Gasteiger partial charge is 0.422 e. The third kappa shape index (κ3) is 6.62. The second kappa shape index (κ2) is 10.3. The summed E-state index contributed by atoms with van der Waals surface area (Å²) in [5.41, 5.74) is 0.546. The van der Waals surface area contributed by atoms with Gasteiger partial charge in [-0.15, -0.1) is 0 Å². The van der Waals surface area contributed by atoms with E-state index in [1.165, 1.54) is 26.6 Å². The van der Waals surface area contributed by atoms with Gasteiger partial charge in [0.15, 0.2) is 6.61 Å². The summed E-state index contributed by atoms with van der Waals surface area (Å²) in [5.74, 6) is 0.756. The van der Waals surface area contributed by atoms with Gasteiger partial charge in [-0.25, -0.2) is 23.1 Å². The van der Waals surface area contributed by atoms with Crippen LogP contribution in [0.4, 0.5) is 36.2 Å². The summed E-state index contributed by atoms with van der Waals surface area (Å²) in [6.45, 7) is -1.56. The number of rotatable bonds is 9. The highest BCUT2D eigenvalue weighted by Gasteiger charge is 2.29. The maximum absolute atomic E-state index is 12.7. The number of aromatic nitrogens is 2. The molecule has 3 rings (SSSR count). The molecule has 0 saturated carbocycles. The minimum Gasteiger partial charge on any atom is -0.495 e. The molecule has 0 radical (unpaired) electrons. The van der Waals surface area contributed by atoms with Gasteiger partial charge in [0.05, 0.1) is 22.7 Å². The van der Waals surface area contributed by atoms with Gasteiger partial charge < -0.3 is 20.1 Å². The van der Waals surface area contributed by atoms with Crippen LogP contribution in [0.2, 0.25) is 5.02 Å². The van der Waals surface area contributed by atoms with Gasteiger partial charge in [-0.05, 0) is 43.4 Å². The first-order valence-corrected chi connectivity index (χ1v) is 11.3. The first kappa shape index (κ1) is 25.3. The summed E-state index contributed by atoms with van der Waals surface area (Å²) in [6.07, 6.45) is -3.38. The number of nitrogens with one attached hydrogen (secondary N) is 3. The van der Waals surface area contributed by atoms with Crippen molar-refractivity contribution in [3.63, 3.8) is 0 Å². The van der Waals surface area contributed by atoms with Crippen LogP contribution in [0.25, 0.3) is 0 Å². The van der Waals surface area contributed by atoms with Gasteiger partial charge in [-0.1, -0.05) is 11.6 Å². The van der Waals surface area contributed by atoms with Crippen LogP contribution in [-0.4, -0.2) is 45.3 Å². The van der Waals surface area contributed by atoms with E-state index >= 15 is 0 Å². The Hall–Kier alpha value is -3.29. The number of methoxy groups -OCH3 is 1. The largest absolute Gasteiger partial charge is 0.495 e. The Kier molecular flexibility index (Phi) is 7.69. The Morgan fingerprint density at radius 2 is 1.68 bits per heavy atom. The zero-order valence-electron chi connectivity index (χ0n) is 17.8. The molecule has 3 aromatic rings. The lowest BCUT2D eigenvalue weighted by Crippen LogP contribution is -2.20. The van der Waals surface area contributed by atoms with Crippen molar-refractivity contribution in [2.45, 2.75) is 11.1 Å². The fourth-order valence-electron chi connectivity index (χ4n) is 2.70. The fraction of sp³-hybridized carbons (Fsp3) is 0.200. The number of halogens is 4. The van der Waals surface area contributed by atoms with E-state index in [0.717, 1.165) is 18.2 Å². The average molecular weight is 518 g/mol. The maximum Gasteiger partial charge on any atom is 0.422 e. The van der Waals surface area contributed by atoms with Crippen LogP contribution in [0, 0.1) is 0 Å². The predicted octanol–water partition coefficient (Wildman–Crippen LogP) is 4.48. The lowest BCUT2D eigenvalue weighted by Gasteiger charge is -2.16. The van der Waals surface area contributed by atoms with Crippen molar-refractivity contribution >= 4 is 44.6 Å². The first-order chi connectivity index (χ1) is 16.0. The molecule has 0 fully saturated rings. The molecule has 14 heteroatoms. The molecule has 2 aromatic carbocycles. The third-order valence-corrected chi connectivity index (χ3v) is 5.98. The monoisotopic (exact) mass is 517 g/mol. The number of hydrogen-bond donors (Lipinski definition) is 3. The number of sulfonamides is 1. The van der Waals surface area contributed by atoms with Crippen molar-refractivity contribution in [1.82, 2.24) is 14.7 Å². The molecule has 34 heavy (non-hydrogen) atoms. The molecular weight excluding hydrogens is 499 g/mol. The van der Waals surface area contributed by atoms with Gasteiger partial charge >= 0.3 is 6.18 Å². The summed E-state index contributed by atoms with van der Waals surface area (Å²) < 4.78 is 74.4. The van der Waals surface area contributed by atoms with Gasteiger partial charge in [-0.2, -0.15) is 13.2 Å². The van der Waals surface area contributed by atoms with Crippen molar-refractivity contribution in [3.8, 4) is 11.5 Å². The van der Waals surface area contributed by atoms with Crippen LogP contribution in [0.5, 0.6) is 11.5 Å². The average Bonchev–Trinajstić information content (AvgIpc) is 2.78. The Morgan fingerprint density at radius 3 is 2.29 bits per heavy atom. The molecule has 9 nitrogen and oxygen atoms in total. The van der Waals surface area contributed by atoms with Crippen molar-refractivity contribution in [3.05, 3.63) is 53.8 Å². The summed E-state index contributed by atoms with van der Waals surface area (Å²) in [5, 5.41) is 6.16. The van der Waals surface area contributed by atoms with Crippen molar-refractivity contribution in [2.24, 2.45) is 0 Å². The molecule has 0 spiro atoms. The van der Waals surface area contributed by atoms with Crippen LogP contribution >= 0.6 is 11.6 Å². The normalized spacial score (nSPS) is 11.7. The molecule has 0 aliphatic heterocycles. The minimum absolute atomic E-state index is 0.0438. The predicted molar refractivity (Wildman–Crippen MR) is 121 cm³/mol. The molecule has 0 unspecified atom stereocenters. The van der Waals surface area contributed by atoms with Gasteiger partial charge in [0.2, 0.25) is 10.0 Å². The highest BCUT2D eigenvalue weighted by molar-refractivity contribution is 7.89. The number of anilines is 4. The quantitative estimate of drug-likeness (QED) is 0.381. The fourth-order valence-corrected chi connectivity index (χ4v) is 3.71. The molecule has 182 valence electrons. The van der Waals surface area contributed by atoms with Crippen LogP contribution in [0.1, 0.15) is 0 Å². The molecular formula is C20H19ClF3N5O4S. The molecule has 0 amide bonds. The van der Waals surface area contributed by atoms with E-state index in [1.807, 2.05) is 0 Å². The molecule has 0 aliphatic carbocycles. The zero-order valence-corrected chi connectivity index (χ0v) is 19.3. The minimum atomic E-state index is -4.58. The Bertz CT molecular complexity index is 1280. The summed E-state index contributed by atoms with van der Waals surface area (Å²) in [4.78, 5) is 7.94. The van der Waals surface area contributed by atoms with Crippen LogP contribution in [0.3, 0.4) is 0 Å². The third-order valence-electron chi connectivity index (χ3n) is 4.28. The van der Waals surface area contributed by atoms with Gasteiger partial charge in [0, 0.05) is 11.8 Å². The van der Waals surface area contributed by atoms with Gasteiger partial charge in [0.25, 0.3) is 0 Å². The Labute approximate surface area is 198 Å². The SMILES string of the molecule is CNS(=O)(=O)c1ccc(OCC(F)(F)F)c(Nc2cc(Nc3ccc(OC)c(Cl)c3)ncn2)c1. The second-order valence-electron chi connectivity index (χ2n) is 6.66. The highest BCUT2D eigenvalue weighted by atomic mass is 35.5. The van der Waals surface area contributed by atoms with Crippen LogP contribution in [-0.2, 0) is 10.0 Å². The second-order valence-corrected chi connectivity index (χ2v) is 8.95. The number of benzene rings is 2. The number of alkyl halides is 3. The van der Waals surface area contributed by atoms with Crippen molar-refractivity contribution in [2.75, 3.05) is 31.4 Å². The van der Waals surface area contributed by atoms with E-state index in [1.54, 1.807) is 18.2 Å². The molecule has 0 atom stereocenters. The highest BCUT2D eigenvalue weighted by Crippen LogP contribution is 2.32. The van der Waals surface area contributed by atoms with E-state index in [0.29, 0.717) is 22.3 Å². The lowest BCUT2D eigenvalue weighted by molar-refractivity contribution is -0.153. The standard InChI is InChI=1S/C20H19ClF3N5O4S/c1-25-34(30,31)13-4-6-17(33-10-20(22,23)24)15(8-13)29-19-9-18(26-11-27-19)28-12-3-5-16(32-2)14(21)7-12/h3-9,11,25H,10H2,1-2H3,(H2,26,27,28,29). The molecule has 3 N–H and O–H groups in total. The molecule has 0 aliphatic rings. The summed E-state index contributed by atoms with van der Waals surface area (Å²) in [7, 11) is -1.17. The van der Waals surface area contributed by atoms with Crippen molar-refractivity contribution < 1.29 is 31.1 Å². The molecule has 0 bridgehead atoms. The van der Waals surface area contributed by atoms with Gasteiger partial charge in [0.1, 0.15) is 29.5 Å². The topological polar surface area (TPSA) is 114 Å². The van der Waals surface area contributed by atoms with E-state index in [-0.39, 0.29) is 22.2 Å². The zero-order chi connectivity index (χ0) is 24.9. The Morgan fingerprint density at radius 1 is 1.00 bits per heavy atom. The van der Waals surface area contributed by atoms with E-state index in [9.17, 15) is 21.6 Å².